The van der Waals surface area contributed by atoms with E-state index in [0.29, 0.717) is 12.6 Å². The summed E-state index contributed by atoms with van der Waals surface area (Å²) in [5, 5.41) is 3.37. The van der Waals surface area contributed by atoms with Crippen LogP contribution < -0.4 is 5.32 Å². The van der Waals surface area contributed by atoms with Crippen LogP contribution in [0.1, 0.15) is 25.3 Å². The van der Waals surface area contributed by atoms with E-state index in [1.165, 1.54) is 5.56 Å². The van der Waals surface area contributed by atoms with E-state index in [1.54, 1.807) is 0 Å². The fraction of sp³-hybridized carbons (Fsp3) is 0.588. The van der Waals surface area contributed by atoms with Crippen LogP contribution >= 0.6 is 0 Å². The van der Waals surface area contributed by atoms with Crippen LogP contribution in [-0.2, 0) is 16.0 Å². The Morgan fingerprint density at radius 2 is 2.19 bits per heavy atom. The summed E-state index contributed by atoms with van der Waals surface area (Å²) < 4.78 is 5.45. The molecule has 0 aromatic heterocycles. The van der Waals surface area contributed by atoms with Gasteiger partial charge in [-0.2, -0.15) is 0 Å². The Labute approximate surface area is 126 Å². The quantitative estimate of drug-likeness (QED) is 0.898. The SMILES string of the molecule is CC(C1CCOC1)N1CNC(CCc2ccccc2)C1=O. The average Bonchev–Trinajstić information content (AvgIpc) is 3.16. The van der Waals surface area contributed by atoms with Crippen LogP contribution in [0, 0.1) is 5.92 Å². The van der Waals surface area contributed by atoms with Crippen LogP contribution in [-0.4, -0.2) is 42.8 Å². The topological polar surface area (TPSA) is 41.6 Å². The van der Waals surface area contributed by atoms with Gasteiger partial charge in [0.1, 0.15) is 0 Å². The maximum absolute atomic E-state index is 12.5. The van der Waals surface area contributed by atoms with E-state index in [2.05, 4.69) is 24.4 Å². The predicted octanol–water partition coefficient (Wildman–Crippen LogP) is 1.80. The second-order valence-electron chi connectivity index (χ2n) is 6.11. The molecule has 3 atom stereocenters. The van der Waals surface area contributed by atoms with E-state index < -0.39 is 0 Å². The highest BCUT2D eigenvalue weighted by atomic mass is 16.5. The molecule has 114 valence electrons. The third-order valence-corrected chi connectivity index (χ3v) is 4.79. The Morgan fingerprint density at radius 1 is 1.38 bits per heavy atom. The lowest BCUT2D eigenvalue weighted by atomic mass is 9.99. The van der Waals surface area contributed by atoms with Gasteiger partial charge in [0.25, 0.3) is 0 Å². The van der Waals surface area contributed by atoms with Crippen LogP contribution in [0.4, 0.5) is 0 Å². The Bertz CT molecular complexity index is 471. The van der Waals surface area contributed by atoms with Gasteiger partial charge in [0, 0.05) is 18.6 Å². The minimum Gasteiger partial charge on any atom is -0.381 e. The Balaban J connectivity index is 1.53. The number of rotatable bonds is 5. The lowest BCUT2D eigenvalue weighted by Gasteiger charge is -2.28. The molecule has 4 nitrogen and oxygen atoms in total. The number of benzene rings is 1. The second kappa shape index (κ2) is 6.58. The summed E-state index contributed by atoms with van der Waals surface area (Å²) in [5.74, 6) is 0.744. The van der Waals surface area contributed by atoms with Gasteiger partial charge in [0.05, 0.1) is 19.3 Å². The highest BCUT2D eigenvalue weighted by Crippen LogP contribution is 2.23. The van der Waals surface area contributed by atoms with Crippen molar-refractivity contribution in [3.63, 3.8) is 0 Å². The molecule has 0 bridgehead atoms. The molecule has 2 aliphatic heterocycles. The van der Waals surface area contributed by atoms with Crippen molar-refractivity contribution in [2.45, 2.75) is 38.3 Å². The van der Waals surface area contributed by atoms with E-state index in [-0.39, 0.29) is 18.0 Å². The number of hydrogen-bond acceptors (Lipinski definition) is 3. The fourth-order valence-corrected chi connectivity index (χ4v) is 3.29. The summed E-state index contributed by atoms with van der Waals surface area (Å²) in [5.41, 5.74) is 1.29. The molecule has 2 heterocycles. The van der Waals surface area contributed by atoms with E-state index in [4.69, 9.17) is 4.74 Å². The van der Waals surface area contributed by atoms with Gasteiger partial charge in [-0.05, 0) is 31.7 Å². The van der Waals surface area contributed by atoms with Gasteiger partial charge >= 0.3 is 0 Å². The van der Waals surface area contributed by atoms with Crippen LogP contribution in [0.5, 0.6) is 0 Å². The lowest BCUT2D eigenvalue weighted by Crippen LogP contribution is -2.41. The number of nitrogens with zero attached hydrogens (tertiary/aromatic N) is 1. The number of amides is 1. The number of hydrogen-bond donors (Lipinski definition) is 1. The van der Waals surface area contributed by atoms with E-state index in [9.17, 15) is 4.79 Å². The first-order chi connectivity index (χ1) is 10.3. The highest BCUT2D eigenvalue weighted by Gasteiger charge is 2.37. The van der Waals surface area contributed by atoms with Crippen molar-refractivity contribution in [1.29, 1.82) is 0 Å². The summed E-state index contributed by atoms with van der Waals surface area (Å²) in [6.45, 7) is 4.45. The summed E-state index contributed by atoms with van der Waals surface area (Å²) in [4.78, 5) is 14.5. The maximum atomic E-state index is 12.5. The Hall–Kier alpha value is -1.39. The van der Waals surface area contributed by atoms with Gasteiger partial charge in [-0.1, -0.05) is 30.3 Å². The zero-order valence-corrected chi connectivity index (χ0v) is 12.6. The van der Waals surface area contributed by atoms with Crippen molar-refractivity contribution in [2.75, 3.05) is 19.9 Å². The molecule has 0 saturated carbocycles. The molecule has 1 N–H and O–H groups in total. The monoisotopic (exact) mass is 288 g/mol. The summed E-state index contributed by atoms with van der Waals surface area (Å²) in [6.07, 6.45) is 2.88. The molecule has 3 rings (SSSR count). The zero-order chi connectivity index (χ0) is 14.7. The molecule has 1 amide bonds. The molecule has 2 aliphatic rings. The molecule has 1 aromatic carbocycles. The van der Waals surface area contributed by atoms with Gasteiger partial charge < -0.3 is 9.64 Å². The van der Waals surface area contributed by atoms with E-state index >= 15 is 0 Å². The number of carbonyl (C=O) groups is 1. The lowest BCUT2D eigenvalue weighted by molar-refractivity contribution is -0.131. The first-order valence-corrected chi connectivity index (χ1v) is 7.91. The van der Waals surface area contributed by atoms with Gasteiger partial charge in [0.2, 0.25) is 5.91 Å². The van der Waals surface area contributed by atoms with Gasteiger partial charge in [-0.15, -0.1) is 0 Å². The maximum Gasteiger partial charge on any atom is 0.241 e. The number of nitrogens with one attached hydrogen (secondary N) is 1. The van der Waals surface area contributed by atoms with Gasteiger partial charge in [-0.3, -0.25) is 10.1 Å². The molecule has 0 aliphatic carbocycles. The average molecular weight is 288 g/mol. The zero-order valence-electron chi connectivity index (χ0n) is 12.6. The van der Waals surface area contributed by atoms with Crippen molar-refractivity contribution in [3.05, 3.63) is 35.9 Å². The number of carbonyl (C=O) groups excluding carboxylic acids is 1. The molecular weight excluding hydrogens is 264 g/mol. The van der Waals surface area contributed by atoms with Crippen molar-refractivity contribution in [1.82, 2.24) is 10.2 Å². The molecule has 4 heteroatoms. The number of ether oxygens (including phenoxy) is 1. The Morgan fingerprint density at radius 3 is 2.90 bits per heavy atom. The second-order valence-corrected chi connectivity index (χ2v) is 6.11. The number of aryl methyl sites for hydroxylation is 1. The minimum absolute atomic E-state index is 0.0324. The largest absolute Gasteiger partial charge is 0.381 e. The normalized spacial score (nSPS) is 27.3. The van der Waals surface area contributed by atoms with Crippen molar-refractivity contribution >= 4 is 5.91 Å². The molecule has 2 saturated heterocycles. The highest BCUT2D eigenvalue weighted by molar-refractivity contribution is 5.84. The van der Waals surface area contributed by atoms with Crippen molar-refractivity contribution in [3.8, 4) is 0 Å². The Kier molecular flexibility index (Phi) is 4.56. The summed E-state index contributed by atoms with van der Waals surface area (Å²) >= 11 is 0. The first kappa shape index (κ1) is 14.5. The summed E-state index contributed by atoms with van der Waals surface area (Å²) in [6, 6.07) is 10.6. The smallest absolute Gasteiger partial charge is 0.241 e. The van der Waals surface area contributed by atoms with Crippen LogP contribution in [0.3, 0.4) is 0 Å². The first-order valence-electron chi connectivity index (χ1n) is 7.91. The predicted molar refractivity (Wildman–Crippen MR) is 81.8 cm³/mol. The molecule has 0 radical (unpaired) electrons. The van der Waals surface area contributed by atoms with Gasteiger partial charge in [0.15, 0.2) is 0 Å². The van der Waals surface area contributed by atoms with Crippen LogP contribution in [0.15, 0.2) is 30.3 Å². The molecule has 2 fully saturated rings. The third kappa shape index (κ3) is 3.27. The van der Waals surface area contributed by atoms with E-state index in [0.717, 1.165) is 32.5 Å². The van der Waals surface area contributed by atoms with Crippen LogP contribution in [0.25, 0.3) is 0 Å². The molecule has 3 unspecified atom stereocenters. The summed E-state index contributed by atoms with van der Waals surface area (Å²) in [7, 11) is 0. The van der Waals surface area contributed by atoms with Crippen LogP contribution in [0.2, 0.25) is 0 Å². The standard InChI is InChI=1S/C17H24N2O2/c1-13(15-9-10-21-11-15)19-12-18-16(17(19)20)8-7-14-5-3-2-4-6-14/h2-6,13,15-16,18H,7-12H2,1H3. The molecular formula is C17H24N2O2. The molecule has 1 aromatic rings. The van der Waals surface area contributed by atoms with Gasteiger partial charge in [-0.25, -0.2) is 0 Å². The van der Waals surface area contributed by atoms with E-state index in [1.807, 2.05) is 23.1 Å². The minimum atomic E-state index is -0.0324. The molecule has 0 spiro atoms. The third-order valence-electron chi connectivity index (χ3n) is 4.79. The van der Waals surface area contributed by atoms with Crippen molar-refractivity contribution in [2.24, 2.45) is 5.92 Å². The van der Waals surface area contributed by atoms with Crippen molar-refractivity contribution < 1.29 is 9.53 Å². The molecule has 21 heavy (non-hydrogen) atoms. The fourth-order valence-electron chi connectivity index (χ4n) is 3.29.